The van der Waals surface area contributed by atoms with Crippen molar-refractivity contribution in [2.24, 2.45) is 11.7 Å². The highest BCUT2D eigenvalue weighted by atomic mass is 16.1. The minimum Gasteiger partial charge on any atom is -0.320 e. The van der Waals surface area contributed by atoms with Crippen LogP contribution in [-0.2, 0) is 4.79 Å². The smallest absolute Gasteiger partial charge is 0.228 e. The zero-order valence-electron chi connectivity index (χ0n) is 10.9. The summed E-state index contributed by atoms with van der Waals surface area (Å²) in [7, 11) is 0. The molecule has 96 valence electrons. The van der Waals surface area contributed by atoms with Crippen molar-refractivity contribution in [3.05, 3.63) is 23.9 Å². The van der Waals surface area contributed by atoms with Crippen molar-refractivity contribution in [2.45, 2.75) is 26.7 Å². The molecule has 1 unspecified atom stereocenters. The van der Waals surface area contributed by atoms with Gasteiger partial charge >= 0.3 is 0 Å². The number of nitrogens with one attached hydrogen (secondary N) is 1. The number of pyridine rings is 1. The van der Waals surface area contributed by atoms with Crippen molar-refractivity contribution in [1.29, 1.82) is 0 Å². The van der Waals surface area contributed by atoms with Crippen molar-refractivity contribution in [3.8, 4) is 11.8 Å². The fourth-order valence-electron chi connectivity index (χ4n) is 1.54. The third-order valence-electron chi connectivity index (χ3n) is 2.52. The number of hydrogen-bond donors (Lipinski definition) is 2. The first-order valence-corrected chi connectivity index (χ1v) is 6.13. The molecule has 1 amide bonds. The molecule has 0 aliphatic heterocycles. The molecule has 0 spiro atoms. The number of aromatic nitrogens is 1. The van der Waals surface area contributed by atoms with Crippen LogP contribution in [0, 0.1) is 17.8 Å². The van der Waals surface area contributed by atoms with Gasteiger partial charge in [0, 0.05) is 17.7 Å². The van der Waals surface area contributed by atoms with Gasteiger partial charge in [-0.2, -0.15) is 0 Å². The molecule has 0 aromatic carbocycles. The first kappa shape index (κ1) is 14.2. The van der Waals surface area contributed by atoms with Crippen LogP contribution in [-0.4, -0.2) is 17.4 Å². The van der Waals surface area contributed by atoms with E-state index in [2.05, 4.69) is 29.1 Å². The lowest BCUT2D eigenvalue weighted by Crippen LogP contribution is -2.20. The molecule has 0 aliphatic rings. The Kier molecular flexibility index (Phi) is 5.89. The van der Waals surface area contributed by atoms with Gasteiger partial charge in [-0.25, -0.2) is 4.98 Å². The van der Waals surface area contributed by atoms with Crippen LogP contribution in [0.25, 0.3) is 0 Å². The maximum absolute atomic E-state index is 11.8. The fourth-order valence-corrected chi connectivity index (χ4v) is 1.54. The van der Waals surface area contributed by atoms with E-state index in [1.54, 1.807) is 18.3 Å². The second-order valence-electron chi connectivity index (χ2n) is 4.11. The predicted molar refractivity (Wildman–Crippen MR) is 72.9 cm³/mol. The van der Waals surface area contributed by atoms with Gasteiger partial charge in [0.15, 0.2) is 0 Å². The molecule has 1 aromatic heterocycles. The summed E-state index contributed by atoms with van der Waals surface area (Å²) in [6, 6.07) is 3.53. The topological polar surface area (TPSA) is 68.0 Å². The van der Waals surface area contributed by atoms with Crippen molar-refractivity contribution in [2.75, 3.05) is 11.9 Å². The first-order valence-electron chi connectivity index (χ1n) is 6.13. The zero-order chi connectivity index (χ0) is 13.4. The van der Waals surface area contributed by atoms with E-state index in [4.69, 9.17) is 5.73 Å². The number of nitrogens with zero attached hydrogens (tertiary/aromatic N) is 1. The van der Waals surface area contributed by atoms with E-state index < -0.39 is 0 Å². The van der Waals surface area contributed by atoms with E-state index in [-0.39, 0.29) is 11.8 Å². The normalized spacial score (nSPS) is 11.3. The summed E-state index contributed by atoms with van der Waals surface area (Å²) in [5.41, 5.74) is 6.11. The number of anilines is 1. The Morgan fingerprint density at radius 1 is 1.61 bits per heavy atom. The molecular weight excluding hydrogens is 226 g/mol. The molecule has 4 nitrogen and oxygen atoms in total. The molecule has 4 heteroatoms. The third kappa shape index (κ3) is 4.56. The minimum absolute atomic E-state index is 0.00409. The Hall–Kier alpha value is -1.86. The maximum Gasteiger partial charge on any atom is 0.228 e. The van der Waals surface area contributed by atoms with Crippen LogP contribution in [0.5, 0.6) is 0 Å². The molecule has 0 radical (unpaired) electrons. The van der Waals surface area contributed by atoms with Gasteiger partial charge in [-0.1, -0.05) is 32.1 Å². The SMILES string of the molecule is CCCC(C)C(=O)Nc1cc(C#CCN)ccn1. The van der Waals surface area contributed by atoms with Gasteiger partial charge in [-0.3, -0.25) is 4.79 Å². The average Bonchev–Trinajstić information content (AvgIpc) is 2.37. The van der Waals surface area contributed by atoms with Gasteiger partial charge in [-0.05, 0) is 18.6 Å². The lowest BCUT2D eigenvalue weighted by Gasteiger charge is -2.10. The van der Waals surface area contributed by atoms with Crippen molar-refractivity contribution < 1.29 is 4.79 Å². The Labute approximate surface area is 108 Å². The molecule has 0 saturated carbocycles. The van der Waals surface area contributed by atoms with Crippen LogP contribution in [0.2, 0.25) is 0 Å². The van der Waals surface area contributed by atoms with Crippen LogP contribution in [0.4, 0.5) is 5.82 Å². The van der Waals surface area contributed by atoms with Crippen molar-refractivity contribution >= 4 is 11.7 Å². The fraction of sp³-hybridized carbons (Fsp3) is 0.429. The summed E-state index contributed by atoms with van der Waals surface area (Å²) in [6.07, 6.45) is 3.49. The molecule has 3 N–H and O–H groups in total. The highest BCUT2D eigenvalue weighted by Gasteiger charge is 2.12. The van der Waals surface area contributed by atoms with Crippen LogP contribution in [0.1, 0.15) is 32.3 Å². The number of hydrogen-bond acceptors (Lipinski definition) is 3. The summed E-state index contributed by atoms with van der Waals surface area (Å²) >= 11 is 0. The second-order valence-corrected chi connectivity index (χ2v) is 4.11. The summed E-state index contributed by atoms with van der Waals surface area (Å²) in [5, 5.41) is 2.79. The number of carbonyl (C=O) groups is 1. The van der Waals surface area contributed by atoms with E-state index in [1.165, 1.54) is 0 Å². The Morgan fingerprint density at radius 3 is 3.06 bits per heavy atom. The highest BCUT2D eigenvalue weighted by molar-refractivity contribution is 5.91. The van der Waals surface area contributed by atoms with E-state index in [1.807, 2.05) is 6.92 Å². The van der Waals surface area contributed by atoms with Gasteiger partial charge < -0.3 is 11.1 Å². The van der Waals surface area contributed by atoms with Crippen LogP contribution < -0.4 is 11.1 Å². The monoisotopic (exact) mass is 245 g/mol. The second kappa shape index (κ2) is 7.46. The van der Waals surface area contributed by atoms with E-state index in [9.17, 15) is 4.79 Å². The summed E-state index contributed by atoms with van der Waals surface area (Å²) < 4.78 is 0. The van der Waals surface area contributed by atoms with Crippen LogP contribution in [0.3, 0.4) is 0 Å². The molecule has 1 rings (SSSR count). The van der Waals surface area contributed by atoms with Crippen molar-refractivity contribution in [1.82, 2.24) is 4.98 Å². The molecule has 0 fully saturated rings. The third-order valence-corrected chi connectivity index (χ3v) is 2.52. The average molecular weight is 245 g/mol. The zero-order valence-corrected chi connectivity index (χ0v) is 10.9. The summed E-state index contributed by atoms with van der Waals surface area (Å²) in [5.74, 6) is 6.20. The first-order chi connectivity index (χ1) is 8.67. The van der Waals surface area contributed by atoms with E-state index in [0.29, 0.717) is 12.4 Å². The number of amides is 1. The molecule has 1 atom stereocenters. The molecule has 18 heavy (non-hydrogen) atoms. The van der Waals surface area contributed by atoms with Gasteiger partial charge in [0.1, 0.15) is 5.82 Å². The van der Waals surface area contributed by atoms with Gasteiger partial charge in [0.05, 0.1) is 6.54 Å². The number of nitrogens with two attached hydrogens (primary N) is 1. The lowest BCUT2D eigenvalue weighted by atomic mass is 10.1. The van der Waals surface area contributed by atoms with Gasteiger partial charge in [0.25, 0.3) is 0 Å². The molecule has 0 bridgehead atoms. The number of carbonyl (C=O) groups excluding carboxylic acids is 1. The van der Waals surface area contributed by atoms with E-state index >= 15 is 0 Å². The summed E-state index contributed by atoms with van der Waals surface area (Å²) in [6.45, 7) is 4.29. The Morgan fingerprint density at radius 2 is 2.39 bits per heavy atom. The van der Waals surface area contributed by atoms with Crippen LogP contribution in [0.15, 0.2) is 18.3 Å². The maximum atomic E-state index is 11.8. The summed E-state index contributed by atoms with van der Waals surface area (Å²) in [4.78, 5) is 15.9. The Bertz CT molecular complexity index is 460. The quantitative estimate of drug-likeness (QED) is 0.794. The predicted octanol–water partition coefficient (Wildman–Crippen LogP) is 1.77. The largest absolute Gasteiger partial charge is 0.320 e. The molecule has 0 aliphatic carbocycles. The number of rotatable bonds is 4. The molecule has 1 aromatic rings. The van der Waals surface area contributed by atoms with Gasteiger partial charge in [0.2, 0.25) is 5.91 Å². The Balaban J connectivity index is 2.70. The molecular formula is C14H19N3O. The molecule has 0 saturated heterocycles. The lowest BCUT2D eigenvalue weighted by molar-refractivity contribution is -0.119. The minimum atomic E-state index is -0.00622. The van der Waals surface area contributed by atoms with Crippen LogP contribution >= 0.6 is 0 Å². The van der Waals surface area contributed by atoms with Gasteiger partial charge in [-0.15, -0.1) is 0 Å². The molecule has 1 heterocycles. The highest BCUT2D eigenvalue weighted by Crippen LogP contribution is 2.10. The van der Waals surface area contributed by atoms with E-state index in [0.717, 1.165) is 18.4 Å². The standard InChI is InChI=1S/C14H19N3O/c1-3-5-11(2)14(18)17-13-10-12(6-4-8-15)7-9-16-13/h7,9-11H,3,5,8,15H2,1-2H3,(H,16,17,18). The van der Waals surface area contributed by atoms with Crippen molar-refractivity contribution in [3.63, 3.8) is 0 Å².